The maximum atomic E-state index is 4.31. The van der Waals surface area contributed by atoms with Crippen LogP contribution in [0.4, 0.5) is 0 Å². The highest BCUT2D eigenvalue weighted by Gasteiger charge is 2.27. The molecule has 2 heteroatoms. The normalized spacial score (nSPS) is 20.3. The van der Waals surface area contributed by atoms with Crippen LogP contribution in [0.2, 0.25) is 0 Å². The number of hydrogen-bond acceptors (Lipinski definition) is 1. The SMILES string of the molecule is CC1=C(C)Cc2c([nH]c3c2C2=CN=CC2=CC3)C1. The summed E-state index contributed by atoms with van der Waals surface area (Å²) in [5, 5.41) is 0. The van der Waals surface area contributed by atoms with Crippen LogP contribution in [0.15, 0.2) is 34.0 Å². The zero-order chi connectivity index (χ0) is 12.3. The van der Waals surface area contributed by atoms with Gasteiger partial charge in [-0.05, 0) is 31.4 Å². The van der Waals surface area contributed by atoms with Crippen LogP contribution in [0.1, 0.15) is 36.4 Å². The van der Waals surface area contributed by atoms with E-state index in [0.29, 0.717) is 0 Å². The zero-order valence-electron chi connectivity index (χ0n) is 10.8. The van der Waals surface area contributed by atoms with Crippen molar-refractivity contribution < 1.29 is 0 Å². The number of aromatic nitrogens is 1. The molecule has 0 spiro atoms. The lowest BCUT2D eigenvalue weighted by Crippen LogP contribution is -2.06. The summed E-state index contributed by atoms with van der Waals surface area (Å²) in [6, 6.07) is 0. The Morgan fingerprint density at radius 3 is 2.83 bits per heavy atom. The number of hydrogen-bond donors (Lipinski definition) is 1. The Balaban J connectivity index is 1.90. The third-order valence-electron chi connectivity index (χ3n) is 4.41. The van der Waals surface area contributed by atoms with Crippen LogP contribution in [0.5, 0.6) is 0 Å². The number of nitrogens with one attached hydrogen (secondary N) is 1. The standard InChI is InChI=1S/C16H16N2/c1-9-5-12-15(6-10(9)2)18-14-4-3-11-7-17-8-13(11)16(12)14/h3,7-8,18H,4-6H2,1-2H3. The Kier molecular flexibility index (Phi) is 1.88. The van der Waals surface area contributed by atoms with Crippen molar-refractivity contribution in [1.29, 1.82) is 0 Å². The molecule has 18 heavy (non-hydrogen) atoms. The number of allylic oxidation sites excluding steroid dienone is 5. The second kappa shape index (κ2) is 3.35. The fraction of sp³-hybridized carbons (Fsp3) is 0.312. The van der Waals surface area contributed by atoms with Crippen molar-refractivity contribution in [2.75, 3.05) is 0 Å². The molecule has 2 aliphatic carbocycles. The van der Waals surface area contributed by atoms with Gasteiger partial charge in [0.1, 0.15) is 0 Å². The van der Waals surface area contributed by atoms with Gasteiger partial charge in [0.25, 0.3) is 0 Å². The van der Waals surface area contributed by atoms with Crippen LogP contribution in [-0.4, -0.2) is 11.2 Å². The van der Waals surface area contributed by atoms with Crippen LogP contribution in [0, 0.1) is 0 Å². The van der Waals surface area contributed by atoms with E-state index >= 15 is 0 Å². The van der Waals surface area contributed by atoms with Crippen molar-refractivity contribution in [3.63, 3.8) is 0 Å². The quantitative estimate of drug-likeness (QED) is 0.669. The van der Waals surface area contributed by atoms with Gasteiger partial charge in [0.05, 0.1) is 0 Å². The van der Waals surface area contributed by atoms with Gasteiger partial charge in [-0.25, -0.2) is 0 Å². The summed E-state index contributed by atoms with van der Waals surface area (Å²) in [5.74, 6) is 0. The van der Waals surface area contributed by atoms with Crippen LogP contribution >= 0.6 is 0 Å². The summed E-state index contributed by atoms with van der Waals surface area (Å²) in [6.45, 7) is 4.51. The van der Waals surface area contributed by atoms with Crippen molar-refractivity contribution in [3.05, 3.63) is 51.5 Å². The van der Waals surface area contributed by atoms with Crippen LogP contribution in [0.25, 0.3) is 5.57 Å². The van der Waals surface area contributed by atoms with Crippen molar-refractivity contribution in [3.8, 4) is 0 Å². The number of aromatic amines is 1. The molecule has 1 aromatic rings. The summed E-state index contributed by atoms with van der Waals surface area (Å²) >= 11 is 0. The highest BCUT2D eigenvalue weighted by molar-refractivity contribution is 6.06. The number of H-pyrrole nitrogens is 1. The highest BCUT2D eigenvalue weighted by atomic mass is 14.8. The Labute approximate surface area is 107 Å². The monoisotopic (exact) mass is 236 g/mol. The molecular weight excluding hydrogens is 220 g/mol. The van der Waals surface area contributed by atoms with Gasteiger partial charge < -0.3 is 4.98 Å². The number of fused-ring (bicyclic) bond motifs is 5. The molecular formula is C16H16N2. The van der Waals surface area contributed by atoms with E-state index in [1.807, 2.05) is 12.4 Å². The van der Waals surface area contributed by atoms with E-state index in [2.05, 4.69) is 29.9 Å². The lowest BCUT2D eigenvalue weighted by atomic mass is 9.84. The second-order valence-electron chi connectivity index (χ2n) is 5.53. The molecule has 0 unspecified atom stereocenters. The third-order valence-corrected chi connectivity index (χ3v) is 4.41. The van der Waals surface area contributed by atoms with Gasteiger partial charge in [-0.1, -0.05) is 17.2 Å². The number of aliphatic imine (C=N–C) groups is 1. The number of rotatable bonds is 0. The predicted octanol–water partition coefficient (Wildman–Crippen LogP) is 3.36. The molecule has 0 amide bonds. The molecule has 2 nitrogen and oxygen atoms in total. The van der Waals surface area contributed by atoms with Crippen LogP contribution in [0.3, 0.4) is 0 Å². The van der Waals surface area contributed by atoms with Crippen molar-refractivity contribution >= 4 is 11.8 Å². The second-order valence-corrected chi connectivity index (χ2v) is 5.53. The van der Waals surface area contributed by atoms with Gasteiger partial charge in [0.2, 0.25) is 0 Å². The Hall–Kier alpha value is -1.83. The molecule has 0 fully saturated rings. The molecule has 0 aromatic carbocycles. The van der Waals surface area contributed by atoms with Crippen molar-refractivity contribution in [2.24, 2.45) is 4.99 Å². The molecule has 1 aromatic heterocycles. The van der Waals surface area contributed by atoms with E-state index in [0.717, 1.165) is 19.3 Å². The van der Waals surface area contributed by atoms with Gasteiger partial charge in [0.15, 0.2) is 0 Å². The van der Waals surface area contributed by atoms with Crippen molar-refractivity contribution in [2.45, 2.75) is 33.1 Å². The van der Waals surface area contributed by atoms with E-state index in [4.69, 9.17) is 0 Å². The molecule has 0 radical (unpaired) electrons. The first kappa shape index (κ1) is 10.1. The summed E-state index contributed by atoms with van der Waals surface area (Å²) < 4.78 is 0. The van der Waals surface area contributed by atoms with Gasteiger partial charge >= 0.3 is 0 Å². The van der Waals surface area contributed by atoms with Gasteiger partial charge in [-0.15, -0.1) is 0 Å². The third kappa shape index (κ3) is 1.20. The largest absolute Gasteiger partial charge is 0.361 e. The molecule has 4 rings (SSSR count). The molecule has 0 bridgehead atoms. The van der Waals surface area contributed by atoms with Crippen molar-refractivity contribution in [1.82, 2.24) is 4.98 Å². The lowest BCUT2D eigenvalue weighted by Gasteiger charge is -2.18. The molecule has 1 aliphatic heterocycles. The Bertz CT molecular complexity index is 678. The molecule has 0 saturated carbocycles. The first-order valence-corrected chi connectivity index (χ1v) is 6.56. The molecule has 3 aliphatic rings. The summed E-state index contributed by atoms with van der Waals surface area (Å²) in [6.07, 6.45) is 9.46. The summed E-state index contributed by atoms with van der Waals surface area (Å²) in [5.41, 5.74) is 11.4. The minimum Gasteiger partial charge on any atom is -0.361 e. The molecule has 0 saturated heterocycles. The van der Waals surface area contributed by atoms with Crippen LogP contribution < -0.4 is 0 Å². The molecule has 0 atom stereocenters. The topological polar surface area (TPSA) is 28.1 Å². The molecule has 2 heterocycles. The Morgan fingerprint density at radius 2 is 1.94 bits per heavy atom. The minimum absolute atomic E-state index is 1.01. The fourth-order valence-corrected chi connectivity index (χ4v) is 3.23. The minimum atomic E-state index is 1.01. The maximum absolute atomic E-state index is 4.31. The average Bonchev–Trinajstić information content (AvgIpc) is 2.92. The summed E-state index contributed by atoms with van der Waals surface area (Å²) in [4.78, 5) is 7.95. The van der Waals surface area contributed by atoms with E-state index in [1.54, 1.807) is 0 Å². The van der Waals surface area contributed by atoms with Gasteiger partial charge in [0, 0.05) is 47.8 Å². The highest BCUT2D eigenvalue weighted by Crippen LogP contribution is 2.40. The van der Waals surface area contributed by atoms with Gasteiger partial charge in [-0.2, -0.15) is 0 Å². The predicted molar refractivity (Wildman–Crippen MR) is 74.8 cm³/mol. The van der Waals surface area contributed by atoms with Crippen LogP contribution in [-0.2, 0) is 19.3 Å². The van der Waals surface area contributed by atoms with E-state index in [-0.39, 0.29) is 0 Å². The summed E-state index contributed by atoms with van der Waals surface area (Å²) in [7, 11) is 0. The average molecular weight is 236 g/mol. The van der Waals surface area contributed by atoms with Gasteiger partial charge in [-0.3, -0.25) is 4.99 Å². The molecule has 1 N–H and O–H groups in total. The van der Waals surface area contributed by atoms with E-state index < -0.39 is 0 Å². The first-order chi connectivity index (χ1) is 8.74. The van der Waals surface area contributed by atoms with E-state index in [1.165, 1.54) is 44.8 Å². The fourth-order valence-electron chi connectivity index (χ4n) is 3.23. The van der Waals surface area contributed by atoms with E-state index in [9.17, 15) is 0 Å². The maximum Gasteiger partial charge on any atom is 0.0353 e. The lowest BCUT2D eigenvalue weighted by molar-refractivity contribution is 0.924. The Morgan fingerprint density at radius 1 is 1.11 bits per heavy atom. The first-order valence-electron chi connectivity index (χ1n) is 6.56. The zero-order valence-corrected chi connectivity index (χ0v) is 10.8. The smallest absolute Gasteiger partial charge is 0.0353 e. The molecule has 90 valence electrons. The number of nitrogens with zero attached hydrogens (tertiary/aromatic N) is 1.